The fourth-order valence-corrected chi connectivity index (χ4v) is 1.41. The summed E-state index contributed by atoms with van der Waals surface area (Å²) in [6.07, 6.45) is 3.44. The molecule has 0 saturated carbocycles. The van der Waals surface area contributed by atoms with Crippen LogP contribution in [0.1, 0.15) is 34.6 Å². The summed E-state index contributed by atoms with van der Waals surface area (Å²) < 4.78 is 0. The van der Waals surface area contributed by atoms with Gasteiger partial charge in [0.25, 0.3) is 0 Å². The van der Waals surface area contributed by atoms with Crippen LogP contribution in [-0.2, 0) is 21.7 Å². The van der Waals surface area contributed by atoms with E-state index in [2.05, 4.69) is 51.3 Å². The first kappa shape index (κ1) is 27.4. The van der Waals surface area contributed by atoms with Gasteiger partial charge in [0.2, 0.25) is 0 Å². The molecule has 4 heteroatoms. The minimum absolute atomic E-state index is 0. The second-order valence-corrected chi connectivity index (χ2v) is 4.52. The zero-order valence-electron chi connectivity index (χ0n) is 14.3. The van der Waals surface area contributed by atoms with E-state index in [0.717, 1.165) is 7.11 Å². The largest absolute Gasteiger partial charge is 4.00 e. The molecule has 0 saturated heterocycles. The summed E-state index contributed by atoms with van der Waals surface area (Å²) in [6.45, 7) is 10.9. The first-order chi connectivity index (χ1) is 8.28. The third-order valence-corrected chi connectivity index (χ3v) is 2.56. The molecular weight excluding hydrogens is 272 g/mol. The van der Waals surface area contributed by atoms with Crippen LogP contribution in [0.2, 0.25) is 0 Å². The van der Waals surface area contributed by atoms with E-state index in [4.69, 9.17) is 5.11 Å². The van der Waals surface area contributed by atoms with Crippen molar-refractivity contribution in [3.8, 4) is 0 Å². The van der Waals surface area contributed by atoms with Crippen LogP contribution < -0.4 is 5.11 Å². The Hall–Kier alpha value is 0.0743. The van der Waals surface area contributed by atoms with Crippen molar-refractivity contribution in [1.82, 2.24) is 0 Å². The molecule has 0 aromatic carbocycles. The van der Waals surface area contributed by atoms with E-state index >= 15 is 0 Å². The Morgan fingerprint density at radius 3 is 1.21 bits per heavy atom. The van der Waals surface area contributed by atoms with Crippen molar-refractivity contribution in [1.29, 1.82) is 0 Å². The third-order valence-electron chi connectivity index (χ3n) is 2.56. The maximum Gasteiger partial charge on any atom is 4.00 e. The molecule has 0 aromatic rings. The fourth-order valence-electron chi connectivity index (χ4n) is 1.41. The predicted molar refractivity (Wildman–Crippen MR) is 80.9 cm³/mol. The van der Waals surface area contributed by atoms with Crippen molar-refractivity contribution in [3.63, 3.8) is 0 Å². The summed E-state index contributed by atoms with van der Waals surface area (Å²) in [5.41, 5.74) is 4.39. The Morgan fingerprint density at radius 1 is 0.895 bits per heavy atom. The second kappa shape index (κ2) is 16.1. The molecule has 0 unspecified atom stereocenters. The molecule has 1 rings (SSSR count). The van der Waals surface area contributed by atoms with Gasteiger partial charge in [-0.1, -0.05) is 33.1 Å². The Bertz CT molecular complexity index is 257. The standard InChI is InChI=1S/C10H15.2C2H6N.CH3O.Ti/c1-7-6-10(4,5)9(3)8(7)2;2*1-3-2;1-2;/h1-5H3;2*1-2H3;1H3;/q4*-1;+4. The van der Waals surface area contributed by atoms with Crippen LogP contribution in [-0.4, -0.2) is 35.3 Å². The summed E-state index contributed by atoms with van der Waals surface area (Å²) in [7, 11) is 7.75. The quantitative estimate of drug-likeness (QED) is 0.500. The molecule has 110 valence electrons. The summed E-state index contributed by atoms with van der Waals surface area (Å²) >= 11 is 0. The summed E-state index contributed by atoms with van der Waals surface area (Å²) in [5, 5.41) is 15.2. The first-order valence-electron chi connectivity index (χ1n) is 5.95. The number of hydrogen-bond donors (Lipinski definition) is 0. The van der Waals surface area contributed by atoms with Gasteiger partial charge < -0.3 is 15.7 Å². The van der Waals surface area contributed by atoms with E-state index in [1.807, 2.05) is 0 Å². The zero-order chi connectivity index (χ0) is 15.4. The fraction of sp³-hybridized carbons (Fsp3) is 0.733. The molecule has 1 aliphatic carbocycles. The van der Waals surface area contributed by atoms with E-state index in [0.29, 0.717) is 0 Å². The van der Waals surface area contributed by atoms with Crippen LogP contribution in [0.3, 0.4) is 0 Å². The van der Waals surface area contributed by atoms with Crippen LogP contribution in [0.15, 0.2) is 16.7 Å². The van der Waals surface area contributed by atoms with Gasteiger partial charge in [0, 0.05) is 0 Å². The Kier molecular flexibility index (Phi) is 23.3. The molecule has 0 heterocycles. The average Bonchev–Trinajstić information content (AvgIpc) is 2.47. The Labute approximate surface area is 135 Å². The van der Waals surface area contributed by atoms with Crippen molar-refractivity contribution in [3.05, 3.63) is 33.4 Å². The molecule has 0 aromatic heterocycles. The second-order valence-electron chi connectivity index (χ2n) is 4.52. The SMILES string of the molecule is CC1=[C-]C(C)(C)C(C)=C1C.C[N-]C.C[N-]C.C[O-].[Ti+4]. The van der Waals surface area contributed by atoms with Gasteiger partial charge in [-0.25, -0.2) is 5.57 Å². The van der Waals surface area contributed by atoms with E-state index in [1.54, 1.807) is 28.2 Å². The molecule has 19 heavy (non-hydrogen) atoms. The van der Waals surface area contributed by atoms with Gasteiger partial charge in [0.05, 0.1) is 0 Å². The molecule has 0 spiro atoms. The van der Waals surface area contributed by atoms with Crippen molar-refractivity contribution in [2.45, 2.75) is 34.6 Å². The molecule has 0 radical (unpaired) electrons. The van der Waals surface area contributed by atoms with Crippen LogP contribution in [0.4, 0.5) is 0 Å². The predicted octanol–water partition coefficient (Wildman–Crippen LogP) is 3.33. The van der Waals surface area contributed by atoms with Crippen molar-refractivity contribution < 1.29 is 26.8 Å². The summed E-state index contributed by atoms with van der Waals surface area (Å²) in [6, 6.07) is 0. The van der Waals surface area contributed by atoms with Gasteiger partial charge in [-0.2, -0.15) is 46.4 Å². The Morgan fingerprint density at radius 2 is 1.16 bits per heavy atom. The smallest absolute Gasteiger partial charge is 0.857 e. The summed E-state index contributed by atoms with van der Waals surface area (Å²) in [4.78, 5) is 0. The number of nitrogens with zero attached hydrogens (tertiary/aromatic N) is 2. The number of hydrogen-bond acceptors (Lipinski definition) is 1. The van der Waals surface area contributed by atoms with Crippen molar-refractivity contribution in [2.75, 3.05) is 35.3 Å². The average molecular weight is 302 g/mol. The number of rotatable bonds is 0. The molecule has 0 bridgehead atoms. The van der Waals surface area contributed by atoms with Crippen molar-refractivity contribution in [2.24, 2.45) is 5.41 Å². The molecule has 0 N–H and O–H groups in total. The number of allylic oxidation sites excluding steroid dienone is 4. The van der Waals surface area contributed by atoms with Gasteiger partial charge >= 0.3 is 21.7 Å². The first-order valence-corrected chi connectivity index (χ1v) is 5.95. The maximum absolute atomic E-state index is 8.25. The monoisotopic (exact) mass is 302 g/mol. The molecule has 3 nitrogen and oxygen atoms in total. The van der Waals surface area contributed by atoms with Crippen LogP contribution in [0.5, 0.6) is 0 Å². The van der Waals surface area contributed by atoms with Gasteiger partial charge in [-0.05, 0) is 0 Å². The normalized spacial score (nSPS) is 14.6. The molecule has 1 aliphatic rings. The van der Waals surface area contributed by atoms with Crippen LogP contribution in [0, 0.1) is 11.5 Å². The van der Waals surface area contributed by atoms with Crippen LogP contribution in [0.25, 0.3) is 10.6 Å². The van der Waals surface area contributed by atoms with Crippen LogP contribution >= 0.6 is 0 Å². The van der Waals surface area contributed by atoms with Gasteiger partial charge in [0.15, 0.2) is 0 Å². The van der Waals surface area contributed by atoms with E-state index in [1.165, 1.54) is 16.7 Å². The minimum atomic E-state index is 0. The molecule has 0 amide bonds. The molecule has 0 aliphatic heterocycles. The molecule has 0 fully saturated rings. The Balaban J connectivity index is -0.000000106. The molecule has 0 atom stereocenters. The zero-order valence-corrected chi connectivity index (χ0v) is 15.9. The topological polar surface area (TPSA) is 51.3 Å². The van der Waals surface area contributed by atoms with E-state index in [-0.39, 0.29) is 27.1 Å². The van der Waals surface area contributed by atoms with Gasteiger partial charge in [-0.3, -0.25) is 6.08 Å². The maximum atomic E-state index is 8.25. The van der Waals surface area contributed by atoms with E-state index in [9.17, 15) is 0 Å². The van der Waals surface area contributed by atoms with E-state index < -0.39 is 0 Å². The van der Waals surface area contributed by atoms with Gasteiger partial charge in [0.1, 0.15) is 0 Å². The summed E-state index contributed by atoms with van der Waals surface area (Å²) in [5.74, 6) is 0. The molecular formula is C15H30N2OTi. The van der Waals surface area contributed by atoms with Crippen molar-refractivity contribution >= 4 is 0 Å². The minimum Gasteiger partial charge on any atom is -0.857 e. The third kappa shape index (κ3) is 12.8. The van der Waals surface area contributed by atoms with Gasteiger partial charge in [-0.15, -0.1) is 6.92 Å².